The van der Waals surface area contributed by atoms with Crippen molar-refractivity contribution >= 4 is 65.3 Å². The van der Waals surface area contributed by atoms with Crippen LogP contribution in [0.15, 0.2) is 127 Å². The molecule has 0 aromatic heterocycles. The van der Waals surface area contributed by atoms with Gasteiger partial charge in [-0.05, 0) is 97.4 Å². The van der Waals surface area contributed by atoms with E-state index in [2.05, 4.69) is 164 Å². The number of hydrogen-bond donors (Lipinski definition) is 0. The molecule has 1 atom stereocenters. The second kappa shape index (κ2) is 10.6. The standard InChI is InChI=1S/C40H35BOP/c1-39(2,40(3,4)43)42-41-34-24-32(28-17-19-37-30(21-28)15-13-26-9-5-7-11-35(26)37)23-33(25-34)29-18-20-38-31(22-29)16-14-27-10-6-8-12-36(27)38/h5-25H,43H2,1-4H3. The Labute approximate surface area is 257 Å². The zero-order valence-corrected chi connectivity index (χ0v) is 26.3. The molecule has 0 aliphatic rings. The summed E-state index contributed by atoms with van der Waals surface area (Å²) in [6.07, 6.45) is 0. The first kappa shape index (κ1) is 27.8. The van der Waals surface area contributed by atoms with Crippen LogP contribution < -0.4 is 5.46 Å². The summed E-state index contributed by atoms with van der Waals surface area (Å²) < 4.78 is 6.45. The van der Waals surface area contributed by atoms with E-state index in [1.165, 1.54) is 65.3 Å². The Morgan fingerprint density at radius 3 is 1.40 bits per heavy atom. The zero-order valence-electron chi connectivity index (χ0n) is 25.2. The molecule has 0 aliphatic heterocycles. The van der Waals surface area contributed by atoms with Gasteiger partial charge in [0.25, 0.3) is 0 Å². The van der Waals surface area contributed by atoms with Crippen molar-refractivity contribution in [3.63, 3.8) is 0 Å². The van der Waals surface area contributed by atoms with Gasteiger partial charge in [-0.15, -0.1) is 9.24 Å². The van der Waals surface area contributed by atoms with Crippen molar-refractivity contribution in [3.8, 4) is 22.3 Å². The number of rotatable bonds is 6. The summed E-state index contributed by atoms with van der Waals surface area (Å²) in [6.45, 7) is 8.65. The Hall–Kier alpha value is -3.97. The first-order valence-corrected chi connectivity index (χ1v) is 15.5. The molecular weight excluding hydrogens is 538 g/mol. The molecule has 0 spiro atoms. The molecule has 1 unspecified atom stereocenters. The fraction of sp³-hybridized carbons (Fsp3) is 0.150. The van der Waals surface area contributed by atoms with Crippen LogP contribution in [0.25, 0.3) is 65.3 Å². The average Bonchev–Trinajstić information content (AvgIpc) is 3.02. The monoisotopic (exact) mass is 573 g/mol. The summed E-state index contributed by atoms with van der Waals surface area (Å²) in [5.74, 6) is 0. The lowest BCUT2D eigenvalue weighted by Gasteiger charge is -2.39. The van der Waals surface area contributed by atoms with Crippen LogP contribution in [-0.2, 0) is 4.65 Å². The second-order valence-corrected chi connectivity index (χ2v) is 14.2. The van der Waals surface area contributed by atoms with Gasteiger partial charge in [0.1, 0.15) is 0 Å². The van der Waals surface area contributed by atoms with Crippen LogP contribution in [-0.4, -0.2) is 18.2 Å². The van der Waals surface area contributed by atoms with Crippen molar-refractivity contribution in [2.45, 2.75) is 38.5 Å². The van der Waals surface area contributed by atoms with E-state index >= 15 is 0 Å². The third kappa shape index (κ3) is 5.25. The maximum absolute atomic E-state index is 6.45. The quantitative estimate of drug-likeness (QED) is 0.109. The van der Waals surface area contributed by atoms with E-state index in [9.17, 15) is 0 Å². The van der Waals surface area contributed by atoms with Gasteiger partial charge in [-0.1, -0.05) is 129 Å². The Morgan fingerprint density at radius 1 is 0.465 bits per heavy atom. The maximum Gasteiger partial charge on any atom is 0.330 e. The Balaban J connectivity index is 1.35. The summed E-state index contributed by atoms with van der Waals surface area (Å²) in [5, 5.41) is 10.1. The molecule has 0 bridgehead atoms. The van der Waals surface area contributed by atoms with E-state index in [0.29, 0.717) is 0 Å². The van der Waals surface area contributed by atoms with E-state index in [-0.39, 0.29) is 10.8 Å². The SMILES string of the molecule is CC(C)(P)C(C)(C)O[B]c1cc(-c2ccc3c(ccc4ccccc43)c2)cc(-c2ccc3c(ccc4ccccc43)c2)c1. The summed E-state index contributed by atoms with van der Waals surface area (Å²) in [7, 11) is 4.86. The van der Waals surface area contributed by atoms with Gasteiger partial charge < -0.3 is 4.65 Å². The molecule has 0 N–H and O–H groups in total. The fourth-order valence-electron chi connectivity index (χ4n) is 5.81. The number of benzene rings is 7. The molecule has 1 nitrogen and oxygen atoms in total. The van der Waals surface area contributed by atoms with E-state index in [0.717, 1.165) is 5.46 Å². The first-order chi connectivity index (χ1) is 20.7. The molecule has 209 valence electrons. The highest BCUT2D eigenvalue weighted by Crippen LogP contribution is 2.35. The van der Waals surface area contributed by atoms with Gasteiger partial charge in [-0.2, -0.15) is 0 Å². The van der Waals surface area contributed by atoms with Crippen molar-refractivity contribution in [2.24, 2.45) is 0 Å². The van der Waals surface area contributed by atoms with E-state index in [1.54, 1.807) is 0 Å². The van der Waals surface area contributed by atoms with Crippen molar-refractivity contribution in [3.05, 3.63) is 127 Å². The third-order valence-corrected chi connectivity index (χ3v) is 9.85. The molecule has 1 radical (unpaired) electrons. The summed E-state index contributed by atoms with van der Waals surface area (Å²) in [6, 6.07) is 46.6. The molecule has 0 aliphatic carbocycles. The molecule has 7 aromatic carbocycles. The highest BCUT2D eigenvalue weighted by molar-refractivity contribution is 7.19. The minimum Gasteiger partial charge on any atom is -0.429 e. The highest BCUT2D eigenvalue weighted by Gasteiger charge is 2.33. The molecule has 0 fully saturated rings. The van der Waals surface area contributed by atoms with Gasteiger partial charge in [-0.3, -0.25) is 0 Å². The van der Waals surface area contributed by atoms with Crippen LogP contribution in [0, 0.1) is 0 Å². The summed E-state index contributed by atoms with van der Waals surface area (Å²) >= 11 is 0. The first-order valence-electron chi connectivity index (χ1n) is 15.0. The van der Waals surface area contributed by atoms with Gasteiger partial charge in [0, 0.05) is 5.16 Å². The van der Waals surface area contributed by atoms with Crippen LogP contribution >= 0.6 is 9.24 Å². The molecule has 0 heterocycles. The number of hydrogen-bond acceptors (Lipinski definition) is 1. The average molecular weight is 574 g/mol. The molecule has 7 aromatic rings. The van der Waals surface area contributed by atoms with Gasteiger partial charge >= 0.3 is 7.48 Å². The van der Waals surface area contributed by atoms with Gasteiger partial charge in [0.2, 0.25) is 0 Å². The van der Waals surface area contributed by atoms with Crippen LogP contribution in [0.4, 0.5) is 0 Å². The summed E-state index contributed by atoms with van der Waals surface area (Å²) in [5.41, 5.74) is 5.41. The largest absolute Gasteiger partial charge is 0.429 e. The van der Waals surface area contributed by atoms with Crippen molar-refractivity contribution in [1.82, 2.24) is 0 Å². The topological polar surface area (TPSA) is 9.23 Å². The number of fused-ring (bicyclic) bond motifs is 6. The van der Waals surface area contributed by atoms with Gasteiger partial charge in [0.05, 0.1) is 5.60 Å². The lowest BCUT2D eigenvalue weighted by atomic mass is 9.80. The Kier molecular flexibility index (Phi) is 6.89. The Morgan fingerprint density at radius 2 is 0.907 bits per heavy atom. The molecule has 0 amide bonds. The normalized spacial score (nSPS) is 12.4. The minimum absolute atomic E-state index is 0.0911. The van der Waals surface area contributed by atoms with Crippen LogP contribution in [0.3, 0.4) is 0 Å². The van der Waals surface area contributed by atoms with E-state index in [1.807, 2.05) is 7.48 Å². The lowest BCUT2D eigenvalue weighted by molar-refractivity contribution is 0.0841. The van der Waals surface area contributed by atoms with Gasteiger partial charge in [-0.25, -0.2) is 0 Å². The second-order valence-electron chi connectivity index (χ2n) is 12.8. The minimum atomic E-state index is -0.359. The smallest absolute Gasteiger partial charge is 0.330 e. The van der Waals surface area contributed by atoms with Crippen LogP contribution in [0.1, 0.15) is 27.7 Å². The van der Waals surface area contributed by atoms with Crippen LogP contribution in [0.5, 0.6) is 0 Å². The van der Waals surface area contributed by atoms with E-state index < -0.39 is 0 Å². The third-order valence-electron chi connectivity index (χ3n) is 9.15. The summed E-state index contributed by atoms with van der Waals surface area (Å²) in [4.78, 5) is 0. The maximum atomic E-state index is 6.45. The highest BCUT2D eigenvalue weighted by atomic mass is 31.0. The lowest BCUT2D eigenvalue weighted by Crippen LogP contribution is -2.45. The zero-order chi connectivity index (χ0) is 29.8. The van der Waals surface area contributed by atoms with Crippen molar-refractivity contribution < 1.29 is 4.65 Å². The van der Waals surface area contributed by atoms with Crippen molar-refractivity contribution in [2.75, 3.05) is 0 Å². The van der Waals surface area contributed by atoms with E-state index in [4.69, 9.17) is 4.65 Å². The predicted octanol–water partition coefficient (Wildman–Crippen LogP) is 10.3. The predicted molar refractivity (Wildman–Crippen MR) is 192 cm³/mol. The molecule has 0 saturated carbocycles. The fourth-order valence-corrected chi connectivity index (χ4v) is 5.87. The Bertz CT molecular complexity index is 2020. The molecule has 43 heavy (non-hydrogen) atoms. The molecule has 7 rings (SSSR count). The molecule has 3 heteroatoms. The molecular formula is C40H35BOP. The molecule has 0 saturated heterocycles. The van der Waals surface area contributed by atoms with Gasteiger partial charge in [0.15, 0.2) is 0 Å². The van der Waals surface area contributed by atoms with Crippen LogP contribution in [0.2, 0.25) is 0 Å². The van der Waals surface area contributed by atoms with Crippen molar-refractivity contribution in [1.29, 1.82) is 0 Å².